The number of aliphatic carboxylic acids is 1. The molecule has 0 bridgehead atoms. The number of aliphatic hydroxyl groups excluding tert-OH is 1. The van der Waals surface area contributed by atoms with Gasteiger partial charge in [0.25, 0.3) is 0 Å². The molecule has 5 heteroatoms. The number of carboxylic acids is 1. The summed E-state index contributed by atoms with van der Waals surface area (Å²) in [7, 11) is 0. The second-order valence-electron chi connectivity index (χ2n) is 4.74. The van der Waals surface area contributed by atoms with Crippen LogP contribution >= 0.6 is 0 Å². The van der Waals surface area contributed by atoms with E-state index >= 15 is 0 Å². The third-order valence-corrected chi connectivity index (χ3v) is 3.71. The molecule has 5 nitrogen and oxygen atoms in total. The Bertz CT molecular complexity index is 292. The van der Waals surface area contributed by atoms with Crippen molar-refractivity contribution >= 4 is 11.9 Å². The van der Waals surface area contributed by atoms with Gasteiger partial charge in [0.1, 0.15) is 0 Å². The second kappa shape index (κ2) is 4.41. The molecule has 0 aromatic rings. The van der Waals surface area contributed by atoms with Crippen LogP contribution in [0, 0.1) is 17.8 Å². The maximum Gasteiger partial charge on any atom is 0.334 e. The van der Waals surface area contributed by atoms with Gasteiger partial charge >= 0.3 is 5.97 Å². The van der Waals surface area contributed by atoms with E-state index < -0.39 is 12.1 Å². The van der Waals surface area contributed by atoms with Gasteiger partial charge in [0, 0.05) is 5.92 Å². The van der Waals surface area contributed by atoms with Crippen LogP contribution in [0.25, 0.3) is 0 Å². The van der Waals surface area contributed by atoms with Gasteiger partial charge in [-0.25, -0.2) is 4.79 Å². The zero-order valence-corrected chi connectivity index (χ0v) is 9.06. The number of aliphatic hydroxyl groups is 1. The lowest BCUT2D eigenvalue weighted by molar-refractivity contribution is -0.146. The lowest BCUT2D eigenvalue weighted by Crippen LogP contribution is -2.37. The Balaban J connectivity index is 1.75. The molecule has 0 heterocycles. The fourth-order valence-electron chi connectivity index (χ4n) is 2.78. The molecule has 2 rings (SSSR count). The van der Waals surface area contributed by atoms with Crippen LogP contribution in [0.3, 0.4) is 0 Å². The minimum absolute atomic E-state index is 0.0727. The summed E-state index contributed by atoms with van der Waals surface area (Å²) in [4.78, 5) is 22.0. The number of hydrogen-bond donors (Lipinski definition) is 3. The maximum absolute atomic E-state index is 11.7. The predicted octanol–water partition coefficient (Wildman–Crippen LogP) is -0.0157. The molecule has 3 N–H and O–H groups in total. The monoisotopic (exact) mass is 227 g/mol. The van der Waals surface area contributed by atoms with E-state index in [0.29, 0.717) is 11.8 Å². The Morgan fingerprint density at radius 1 is 1.25 bits per heavy atom. The fourth-order valence-corrected chi connectivity index (χ4v) is 2.78. The Morgan fingerprint density at radius 2 is 1.81 bits per heavy atom. The Kier molecular flexibility index (Phi) is 3.14. The number of hydrogen-bond acceptors (Lipinski definition) is 3. The summed E-state index contributed by atoms with van der Waals surface area (Å²) >= 11 is 0. The second-order valence-corrected chi connectivity index (χ2v) is 4.74. The van der Waals surface area contributed by atoms with Gasteiger partial charge in [0.05, 0.1) is 6.54 Å². The van der Waals surface area contributed by atoms with Gasteiger partial charge in [-0.15, -0.1) is 0 Å². The summed E-state index contributed by atoms with van der Waals surface area (Å²) < 4.78 is 0. The van der Waals surface area contributed by atoms with Gasteiger partial charge in [-0.1, -0.05) is 12.8 Å². The molecular formula is C11H17NO4. The lowest BCUT2D eigenvalue weighted by atomic mass is 10.0. The number of nitrogens with one attached hydrogen (secondary N) is 1. The molecule has 3 atom stereocenters. The fraction of sp³-hybridized carbons (Fsp3) is 0.818. The van der Waals surface area contributed by atoms with Gasteiger partial charge in [0.2, 0.25) is 5.91 Å². The van der Waals surface area contributed by atoms with Gasteiger partial charge in [-0.3, -0.25) is 4.79 Å². The molecule has 0 aromatic heterocycles. The summed E-state index contributed by atoms with van der Waals surface area (Å²) in [5.74, 6) is -0.291. The summed E-state index contributed by atoms with van der Waals surface area (Å²) in [6, 6.07) is 0. The van der Waals surface area contributed by atoms with E-state index in [2.05, 4.69) is 5.32 Å². The topological polar surface area (TPSA) is 86.6 Å². The highest BCUT2D eigenvalue weighted by molar-refractivity contribution is 5.83. The lowest BCUT2D eigenvalue weighted by Gasteiger charge is -2.07. The average molecular weight is 227 g/mol. The molecular weight excluding hydrogens is 210 g/mol. The molecule has 0 spiro atoms. The molecule has 3 unspecified atom stereocenters. The SMILES string of the molecule is O=C(O)C(O)CNC(=O)C1C2CCCCC21. The minimum atomic E-state index is -1.50. The third kappa shape index (κ3) is 2.19. The van der Waals surface area contributed by atoms with Crippen molar-refractivity contribution in [2.75, 3.05) is 6.54 Å². The smallest absolute Gasteiger partial charge is 0.334 e. The van der Waals surface area contributed by atoms with Crippen molar-refractivity contribution in [2.24, 2.45) is 17.8 Å². The number of carbonyl (C=O) groups excluding carboxylic acids is 1. The van der Waals surface area contributed by atoms with Crippen LogP contribution in [-0.4, -0.2) is 34.7 Å². The quantitative estimate of drug-likeness (QED) is 0.630. The van der Waals surface area contributed by atoms with Crippen LogP contribution in [0.2, 0.25) is 0 Å². The van der Waals surface area contributed by atoms with Gasteiger partial charge in [0.15, 0.2) is 6.10 Å². The molecule has 0 aliphatic heterocycles. The number of rotatable bonds is 4. The summed E-state index contributed by atoms with van der Waals surface area (Å²) in [5.41, 5.74) is 0. The van der Waals surface area contributed by atoms with Crippen LogP contribution in [0.5, 0.6) is 0 Å². The zero-order chi connectivity index (χ0) is 11.7. The van der Waals surface area contributed by atoms with Crippen LogP contribution in [0.15, 0.2) is 0 Å². The first-order valence-electron chi connectivity index (χ1n) is 5.80. The molecule has 90 valence electrons. The minimum Gasteiger partial charge on any atom is -0.479 e. The van der Waals surface area contributed by atoms with Crippen LogP contribution in [0.4, 0.5) is 0 Å². The highest BCUT2D eigenvalue weighted by atomic mass is 16.4. The number of carbonyl (C=O) groups is 2. The molecule has 16 heavy (non-hydrogen) atoms. The molecule has 2 aliphatic rings. The molecule has 0 radical (unpaired) electrons. The van der Waals surface area contributed by atoms with E-state index in [1.807, 2.05) is 0 Å². The van der Waals surface area contributed by atoms with E-state index in [-0.39, 0.29) is 18.4 Å². The van der Waals surface area contributed by atoms with E-state index in [9.17, 15) is 9.59 Å². The first-order valence-corrected chi connectivity index (χ1v) is 5.80. The van der Waals surface area contributed by atoms with Crippen molar-refractivity contribution < 1.29 is 19.8 Å². The predicted molar refractivity (Wildman–Crippen MR) is 55.6 cm³/mol. The molecule has 1 amide bonds. The first-order chi connectivity index (χ1) is 7.61. The summed E-state index contributed by atoms with van der Waals surface area (Å²) in [5, 5.41) is 20.0. The largest absolute Gasteiger partial charge is 0.479 e. The molecule has 2 saturated carbocycles. The normalized spacial score (nSPS) is 33.7. The van der Waals surface area contributed by atoms with E-state index in [4.69, 9.17) is 10.2 Å². The number of fused-ring (bicyclic) bond motifs is 1. The summed E-state index contributed by atoms with van der Waals surface area (Å²) in [6.45, 7) is -0.190. The van der Waals surface area contributed by atoms with Crippen molar-refractivity contribution in [3.05, 3.63) is 0 Å². The first kappa shape index (κ1) is 11.4. The van der Waals surface area contributed by atoms with Gasteiger partial charge in [-0.05, 0) is 24.7 Å². The van der Waals surface area contributed by atoms with Crippen LogP contribution in [-0.2, 0) is 9.59 Å². The van der Waals surface area contributed by atoms with Crippen LogP contribution < -0.4 is 5.32 Å². The van der Waals surface area contributed by atoms with Crippen molar-refractivity contribution in [2.45, 2.75) is 31.8 Å². The Morgan fingerprint density at radius 3 is 2.31 bits per heavy atom. The number of amides is 1. The molecule has 0 saturated heterocycles. The molecule has 2 aliphatic carbocycles. The van der Waals surface area contributed by atoms with Crippen molar-refractivity contribution in [1.82, 2.24) is 5.32 Å². The Labute approximate surface area is 93.8 Å². The highest BCUT2D eigenvalue weighted by Gasteiger charge is 2.54. The van der Waals surface area contributed by atoms with E-state index in [1.165, 1.54) is 12.8 Å². The van der Waals surface area contributed by atoms with Gasteiger partial charge < -0.3 is 15.5 Å². The highest BCUT2D eigenvalue weighted by Crippen LogP contribution is 2.55. The number of carboxylic acid groups (broad SMARTS) is 1. The van der Waals surface area contributed by atoms with Crippen LogP contribution in [0.1, 0.15) is 25.7 Å². The van der Waals surface area contributed by atoms with Crippen molar-refractivity contribution in [3.63, 3.8) is 0 Å². The molecule has 2 fully saturated rings. The van der Waals surface area contributed by atoms with E-state index in [0.717, 1.165) is 12.8 Å². The Hall–Kier alpha value is -1.10. The average Bonchev–Trinajstić information content (AvgIpc) is 2.99. The third-order valence-electron chi connectivity index (χ3n) is 3.71. The summed E-state index contributed by atoms with van der Waals surface area (Å²) in [6.07, 6.45) is 3.13. The standard InChI is InChI=1S/C11H17NO4/c13-8(11(15)16)5-12-10(14)9-6-3-1-2-4-7(6)9/h6-9,13H,1-5H2,(H,12,14)(H,15,16). The molecule has 0 aromatic carbocycles. The van der Waals surface area contributed by atoms with Crippen molar-refractivity contribution in [1.29, 1.82) is 0 Å². The zero-order valence-electron chi connectivity index (χ0n) is 9.06. The maximum atomic E-state index is 11.7. The van der Waals surface area contributed by atoms with Gasteiger partial charge in [-0.2, -0.15) is 0 Å². The van der Waals surface area contributed by atoms with E-state index in [1.54, 1.807) is 0 Å². The van der Waals surface area contributed by atoms with Crippen molar-refractivity contribution in [3.8, 4) is 0 Å².